The van der Waals surface area contributed by atoms with Crippen molar-refractivity contribution in [1.82, 2.24) is 25.4 Å². The molecule has 1 aromatic carbocycles. The standard InChI is InChI=1S/C23H31FN6O/c1-6-25-23(27-15(2)13-21-16(3)29-30(5)17(21)4)26-12-11-20-14-31-22(28-20)18-7-9-19(24)10-8-18/h7-10,14-15H,6,11-13H2,1-5H3,(H2,25,26,27). The summed E-state index contributed by atoms with van der Waals surface area (Å²) in [5.74, 6) is 0.979. The van der Waals surface area contributed by atoms with Gasteiger partial charge in [-0.25, -0.2) is 9.37 Å². The quantitative estimate of drug-likeness (QED) is 0.425. The van der Waals surface area contributed by atoms with Crippen molar-refractivity contribution in [2.75, 3.05) is 13.1 Å². The maximum absolute atomic E-state index is 13.1. The van der Waals surface area contributed by atoms with Gasteiger partial charge in [0.15, 0.2) is 5.96 Å². The maximum Gasteiger partial charge on any atom is 0.226 e. The van der Waals surface area contributed by atoms with Crippen LogP contribution in [0.4, 0.5) is 4.39 Å². The molecule has 0 aliphatic heterocycles. The number of benzene rings is 1. The first-order chi connectivity index (χ1) is 14.9. The summed E-state index contributed by atoms with van der Waals surface area (Å²) in [6, 6.07) is 6.31. The number of hydrogen-bond acceptors (Lipinski definition) is 4. The van der Waals surface area contributed by atoms with E-state index < -0.39 is 0 Å². The van der Waals surface area contributed by atoms with Crippen LogP contribution in [0.5, 0.6) is 0 Å². The van der Waals surface area contributed by atoms with Gasteiger partial charge in [0.25, 0.3) is 0 Å². The van der Waals surface area contributed by atoms with Gasteiger partial charge in [-0.2, -0.15) is 5.10 Å². The Labute approximate surface area is 182 Å². The lowest BCUT2D eigenvalue weighted by atomic mass is 10.1. The van der Waals surface area contributed by atoms with E-state index in [1.54, 1.807) is 18.4 Å². The van der Waals surface area contributed by atoms with Crippen molar-refractivity contribution in [3.05, 3.63) is 59.0 Å². The van der Waals surface area contributed by atoms with E-state index in [-0.39, 0.29) is 11.9 Å². The van der Waals surface area contributed by atoms with Crippen LogP contribution in [0.1, 0.15) is 36.5 Å². The van der Waals surface area contributed by atoms with Crippen LogP contribution in [-0.2, 0) is 19.9 Å². The predicted molar refractivity (Wildman–Crippen MR) is 121 cm³/mol. The molecule has 3 rings (SSSR count). The minimum absolute atomic E-state index is 0.205. The molecule has 7 nitrogen and oxygen atoms in total. The number of halogens is 1. The number of aromatic nitrogens is 3. The summed E-state index contributed by atoms with van der Waals surface area (Å²) in [7, 11) is 1.97. The summed E-state index contributed by atoms with van der Waals surface area (Å²) in [5.41, 5.74) is 5.10. The maximum atomic E-state index is 13.1. The molecule has 3 aromatic rings. The van der Waals surface area contributed by atoms with Crippen molar-refractivity contribution in [2.24, 2.45) is 12.0 Å². The molecule has 1 unspecified atom stereocenters. The molecule has 0 aliphatic rings. The summed E-state index contributed by atoms with van der Waals surface area (Å²) < 4.78 is 20.5. The molecule has 166 valence electrons. The highest BCUT2D eigenvalue weighted by molar-refractivity contribution is 5.80. The van der Waals surface area contributed by atoms with Crippen molar-refractivity contribution in [2.45, 2.75) is 46.6 Å². The normalized spacial score (nSPS) is 12.8. The van der Waals surface area contributed by atoms with Crippen molar-refractivity contribution in [1.29, 1.82) is 0 Å². The first-order valence-electron chi connectivity index (χ1n) is 10.6. The van der Waals surface area contributed by atoms with Crippen molar-refractivity contribution in [3.8, 4) is 11.5 Å². The molecule has 0 bridgehead atoms. The first kappa shape index (κ1) is 22.5. The topological polar surface area (TPSA) is 80.3 Å². The molecule has 0 saturated carbocycles. The van der Waals surface area contributed by atoms with Crippen LogP contribution in [0.25, 0.3) is 11.5 Å². The molecule has 2 aromatic heterocycles. The highest BCUT2D eigenvalue weighted by Crippen LogP contribution is 2.19. The molecule has 1 atom stereocenters. The summed E-state index contributed by atoms with van der Waals surface area (Å²) >= 11 is 0. The van der Waals surface area contributed by atoms with E-state index in [1.807, 2.05) is 25.6 Å². The third kappa shape index (κ3) is 5.93. The SMILES string of the molecule is CCNC(=NCCc1coc(-c2ccc(F)cc2)n1)NC(C)Cc1c(C)nn(C)c1C. The molecule has 2 heterocycles. The van der Waals surface area contributed by atoms with E-state index in [2.05, 4.69) is 39.6 Å². The van der Waals surface area contributed by atoms with Crippen molar-refractivity contribution >= 4 is 5.96 Å². The van der Waals surface area contributed by atoms with Crippen LogP contribution >= 0.6 is 0 Å². The lowest BCUT2D eigenvalue weighted by Gasteiger charge is -2.18. The molecule has 0 spiro atoms. The first-order valence-corrected chi connectivity index (χ1v) is 10.6. The second-order valence-corrected chi connectivity index (χ2v) is 7.68. The van der Waals surface area contributed by atoms with Crippen LogP contribution < -0.4 is 10.6 Å². The number of rotatable bonds is 8. The third-order valence-corrected chi connectivity index (χ3v) is 5.18. The second-order valence-electron chi connectivity index (χ2n) is 7.68. The average Bonchev–Trinajstić information content (AvgIpc) is 3.29. The average molecular weight is 427 g/mol. The molecule has 2 N–H and O–H groups in total. The van der Waals surface area contributed by atoms with Gasteiger partial charge in [-0.3, -0.25) is 9.67 Å². The number of nitrogens with zero attached hydrogens (tertiary/aromatic N) is 4. The van der Waals surface area contributed by atoms with Gasteiger partial charge in [0.05, 0.1) is 11.4 Å². The molecular formula is C23H31FN6O. The van der Waals surface area contributed by atoms with Crippen LogP contribution in [0.2, 0.25) is 0 Å². The van der Waals surface area contributed by atoms with Gasteiger partial charge in [0.1, 0.15) is 12.1 Å². The molecule has 0 radical (unpaired) electrons. The van der Waals surface area contributed by atoms with Gasteiger partial charge in [-0.05, 0) is 63.9 Å². The van der Waals surface area contributed by atoms with Crippen molar-refractivity contribution < 1.29 is 8.81 Å². The fourth-order valence-corrected chi connectivity index (χ4v) is 3.45. The Hall–Kier alpha value is -3.16. The number of hydrogen-bond donors (Lipinski definition) is 2. The molecule has 0 fully saturated rings. The number of aliphatic imine (C=N–C) groups is 1. The number of nitrogens with one attached hydrogen (secondary N) is 2. The lowest BCUT2D eigenvalue weighted by molar-refractivity contribution is 0.572. The second kappa shape index (κ2) is 10.2. The van der Waals surface area contributed by atoms with E-state index in [0.29, 0.717) is 18.9 Å². The Morgan fingerprint density at radius 2 is 2.00 bits per heavy atom. The smallest absolute Gasteiger partial charge is 0.226 e. The Morgan fingerprint density at radius 3 is 2.65 bits per heavy atom. The third-order valence-electron chi connectivity index (χ3n) is 5.18. The molecule has 8 heteroatoms. The van der Waals surface area contributed by atoms with Gasteiger partial charge in [0.2, 0.25) is 5.89 Å². The van der Waals surface area contributed by atoms with Gasteiger partial charge in [-0.1, -0.05) is 0 Å². The number of oxazole rings is 1. The largest absolute Gasteiger partial charge is 0.444 e. The Kier molecular flexibility index (Phi) is 7.44. The summed E-state index contributed by atoms with van der Waals surface area (Å²) in [4.78, 5) is 9.16. The van der Waals surface area contributed by atoms with Gasteiger partial charge in [-0.15, -0.1) is 0 Å². The van der Waals surface area contributed by atoms with E-state index in [0.717, 1.165) is 35.9 Å². The summed E-state index contributed by atoms with van der Waals surface area (Å²) in [6.07, 6.45) is 3.15. The fraction of sp³-hybridized carbons (Fsp3) is 0.435. The zero-order valence-electron chi connectivity index (χ0n) is 18.9. The van der Waals surface area contributed by atoms with Crippen LogP contribution in [-0.4, -0.2) is 39.9 Å². The van der Waals surface area contributed by atoms with Gasteiger partial charge < -0.3 is 15.1 Å². The highest BCUT2D eigenvalue weighted by Gasteiger charge is 2.14. The molecule has 0 saturated heterocycles. The minimum Gasteiger partial charge on any atom is -0.444 e. The van der Waals surface area contributed by atoms with E-state index >= 15 is 0 Å². The molecular weight excluding hydrogens is 395 g/mol. The van der Waals surface area contributed by atoms with E-state index in [1.165, 1.54) is 23.4 Å². The zero-order valence-corrected chi connectivity index (χ0v) is 18.9. The Balaban J connectivity index is 1.57. The van der Waals surface area contributed by atoms with Crippen LogP contribution in [0.3, 0.4) is 0 Å². The molecule has 0 aliphatic carbocycles. The fourth-order valence-electron chi connectivity index (χ4n) is 3.45. The highest BCUT2D eigenvalue weighted by atomic mass is 19.1. The summed E-state index contributed by atoms with van der Waals surface area (Å²) in [5, 5.41) is 11.3. The predicted octanol–water partition coefficient (Wildman–Crippen LogP) is 3.56. The van der Waals surface area contributed by atoms with Gasteiger partial charge in [0, 0.05) is 43.9 Å². The van der Waals surface area contributed by atoms with E-state index in [4.69, 9.17) is 4.42 Å². The summed E-state index contributed by atoms with van der Waals surface area (Å²) in [6.45, 7) is 9.69. The van der Waals surface area contributed by atoms with Gasteiger partial charge >= 0.3 is 0 Å². The molecule has 0 amide bonds. The Bertz CT molecular complexity index is 1020. The minimum atomic E-state index is -0.281. The number of aryl methyl sites for hydroxylation is 2. The molecule has 31 heavy (non-hydrogen) atoms. The van der Waals surface area contributed by atoms with Crippen LogP contribution in [0.15, 0.2) is 39.9 Å². The number of guanidine groups is 1. The monoisotopic (exact) mass is 426 g/mol. The van der Waals surface area contributed by atoms with Crippen LogP contribution in [0, 0.1) is 19.7 Å². The van der Waals surface area contributed by atoms with E-state index in [9.17, 15) is 4.39 Å². The lowest BCUT2D eigenvalue weighted by Crippen LogP contribution is -2.43. The Morgan fingerprint density at radius 1 is 1.26 bits per heavy atom. The van der Waals surface area contributed by atoms with Crippen molar-refractivity contribution in [3.63, 3.8) is 0 Å². The zero-order chi connectivity index (χ0) is 22.4.